The number of hydrogen-bond donors (Lipinski definition) is 2. The summed E-state index contributed by atoms with van der Waals surface area (Å²) in [6.07, 6.45) is 1.48. The van der Waals surface area contributed by atoms with Crippen LogP contribution in [0.25, 0.3) is 0 Å². The highest BCUT2D eigenvalue weighted by atomic mass is 16.3. The second-order valence-electron chi connectivity index (χ2n) is 2.61. The van der Waals surface area contributed by atoms with E-state index in [1.807, 2.05) is 0 Å². The van der Waals surface area contributed by atoms with Crippen LogP contribution in [0.1, 0.15) is 6.92 Å². The molecule has 4 heteroatoms. The van der Waals surface area contributed by atoms with Crippen LogP contribution in [0.3, 0.4) is 0 Å². The number of amides is 1. The number of aromatic nitrogens is 1. The van der Waals surface area contributed by atoms with E-state index in [0.717, 1.165) is 0 Å². The summed E-state index contributed by atoms with van der Waals surface area (Å²) in [7, 11) is 0. The van der Waals surface area contributed by atoms with E-state index in [1.54, 1.807) is 13.0 Å². The van der Waals surface area contributed by atoms with Gasteiger partial charge in [-0.25, -0.2) is 4.98 Å². The van der Waals surface area contributed by atoms with Crippen molar-refractivity contribution in [3.63, 3.8) is 0 Å². The Bertz CT molecular complexity index is 347. The lowest BCUT2D eigenvalue weighted by atomic mass is 10.3. The summed E-state index contributed by atoms with van der Waals surface area (Å²) in [5.41, 5.74) is 0.366. The van der Waals surface area contributed by atoms with Gasteiger partial charge in [0.2, 0.25) is 0 Å². The van der Waals surface area contributed by atoms with Crippen LogP contribution in [0.2, 0.25) is 0 Å². The maximum Gasteiger partial charge on any atom is 0.251 e. The molecule has 4 nitrogen and oxygen atoms in total. The van der Waals surface area contributed by atoms with Crippen molar-refractivity contribution in [1.29, 1.82) is 0 Å². The summed E-state index contributed by atoms with van der Waals surface area (Å²) < 4.78 is 0. The van der Waals surface area contributed by atoms with E-state index in [9.17, 15) is 9.90 Å². The summed E-state index contributed by atoms with van der Waals surface area (Å²) >= 11 is 0. The highest BCUT2D eigenvalue weighted by Crippen LogP contribution is 2.18. The number of rotatable bonds is 2. The molecule has 0 spiro atoms. The predicted octanol–water partition coefficient (Wildman–Crippen LogP) is 1.30. The zero-order chi connectivity index (χ0) is 9.84. The first-order valence-electron chi connectivity index (χ1n) is 3.72. The maximum absolute atomic E-state index is 11.1. The van der Waals surface area contributed by atoms with Gasteiger partial charge in [0.25, 0.3) is 5.91 Å². The number of aromatic hydroxyl groups is 1. The average molecular weight is 178 g/mol. The van der Waals surface area contributed by atoms with Gasteiger partial charge < -0.3 is 10.4 Å². The van der Waals surface area contributed by atoms with E-state index in [0.29, 0.717) is 5.57 Å². The first kappa shape index (κ1) is 9.25. The fraction of sp³-hybridized carbons (Fsp3) is 0.111. The monoisotopic (exact) mass is 178 g/mol. The highest BCUT2D eigenvalue weighted by molar-refractivity contribution is 6.02. The van der Waals surface area contributed by atoms with Crippen molar-refractivity contribution < 1.29 is 9.90 Å². The van der Waals surface area contributed by atoms with Gasteiger partial charge in [-0.3, -0.25) is 4.79 Å². The van der Waals surface area contributed by atoms with Gasteiger partial charge in [0.1, 0.15) is 0 Å². The Labute approximate surface area is 75.9 Å². The van der Waals surface area contributed by atoms with E-state index >= 15 is 0 Å². The minimum absolute atomic E-state index is 0.0582. The lowest BCUT2D eigenvalue weighted by Gasteiger charge is -2.04. The molecule has 0 aliphatic heterocycles. The van der Waals surface area contributed by atoms with Crippen LogP contribution >= 0.6 is 0 Å². The van der Waals surface area contributed by atoms with E-state index in [-0.39, 0.29) is 17.5 Å². The number of hydrogen-bond acceptors (Lipinski definition) is 3. The second-order valence-corrected chi connectivity index (χ2v) is 2.61. The molecule has 0 atom stereocenters. The van der Waals surface area contributed by atoms with Gasteiger partial charge in [-0.2, -0.15) is 0 Å². The lowest BCUT2D eigenvalue weighted by molar-refractivity contribution is -0.112. The van der Waals surface area contributed by atoms with E-state index in [4.69, 9.17) is 0 Å². The third kappa shape index (κ3) is 2.30. The van der Waals surface area contributed by atoms with Gasteiger partial charge >= 0.3 is 0 Å². The number of carbonyl (C=O) groups excluding carboxylic acids is 1. The molecule has 0 saturated carbocycles. The molecule has 13 heavy (non-hydrogen) atoms. The van der Waals surface area contributed by atoms with E-state index in [1.165, 1.54) is 12.3 Å². The topological polar surface area (TPSA) is 62.2 Å². The van der Waals surface area contributed by atoms with Crippen LogP contribution in [0.5, 0.6) is 5.75 Å². The number of pyridine rings is 1. The molecule has 0 saturated heterocycles. The maximum atomic E-state index is 11.1. The fourth-order valence-corrected chi connectivity index (χ4v) is 0.707. The molecule has 0 aliphatic rings. The number of nitrogens with zero attached hydrogens (tertiary/aromatic N) is 1. The Morgan fingerprint density at radius 1 is 1.69 bits per heavy atom. The Kier molecular flexibility index (Phi) is 2.64. The summed E-state index contributed by atoms with van der Waals surface area (Å²) in [6, 6.07) is 3.02. The van der Waals surface area contributed by atoms with Gasteiger partial charge in [0.05, 0.1) is 0 Å². The van der Waals surface area contributed by atoms with Crippen molar-refractivity contribution >= 4 is 11.7 Å². The SMILES string of the molecule is C=C(C)C(=O)Nc1ncccc1O. The molecule has 2 N–H and O–H groups in total. The lowest BCUT2D eigenvalue weighted by Crippen LogP contribution is -2.12. The molecule has 0 radical (unpaired) electrons. The largest absolute Gasteiger partial charge is 0.504 e. The summed E-state index contributed by atoms with van der Waals surface area (Å²) in [5.74, 6) is -0.262. The van der Waals surface area contributed by atoms with E-state index in [2.05, 4.69) is 16.9 Å². The molecule has 1 rings (SSSR count). The number of anilines is 1. The molecule has 0 unspecified atom stereocenters. The average Bonchev–Trinajstić information content (AvgIpc) is 2.08. The standard InChI is InChI=1S/C9H10N2O2/c1-6(2)9(13)11-8-7(12)4-3-5-10-8/h3-5,12H,1H2,2H3,(H,10,11,13). The van der Waals surface area contributed by atoms with Gasteiger partial charge in [-0.15, -0.1) is 0 Å². The van der Waals surface area contributed by atoms with Gasteiger partial charge in [0.15, 0.2) is 11.6 Å². The van der Waals surface area contributed by atoms with Crippen LogP contribution in [0, 0.1) is 0 Å². The first-order valence-corrected chi connectivity index (χ1v) is 3.72. The third-order valence-corrected chi connectivity index (χ3v) is 1.41. The Morgan fingerprint density at radius 2 is 2.38 bits per heavy atom. The van der Waals surface area contributed by atoms with E-state index < -0.39 is 0 Å². The van der Waals surface area contributed by atoms with Crippen molar-refractivity contribution in [2.75, 3.05) is 5.32 Å². The molecule has 0 fully saturated rings. The molecule has 1 aromatic heterocycles. The molecule has 0 aromatic carbocycles. The van der Waals surface area contributed by atoms with Crippen LogP contribution in [-0.4, -0.2) is 16.0 Å². The summed E-state index contributed by atoms with van der Waals surface area (Å²) in [4.78, 5) is 14.9. The zero-order valence-corrected chi connectivity index (χ0v) is 7.24. The third-order valence-electron chi connectivity index (χ3n) is 1.41. The molecule has 68 valence electrons. The van der Waals surface area contributed by atoms with Crippen molar-refractivity contribution in [2.45, 2.75) is 6.92 Å². The Hall–Kier alpha value is -1.84. The summed E-state index contributed by atoms with van der Waals surface area (Å²) in [5, 5.41) is 11.6. The second kappa shape index (κ2) is 3.71. The minimum Gasteiger partial charge on any atom is -0.504 e. The van der Waals surface area contributed by atoms with Gasteiger partial charge in [-0.05, 0) is 19.1 Å². The van der Waals surface area contributed by atoms with Crippen molar-refractivity contribution in [3.05, 3.63) is 30.5 Å². The van der Waals surface area contributed by atoms with Crippen LogP contribution in [-0.2, 0) is 4.79 Å². The molecule has 1 amide bonds. The first-order chi connectivity index (χ1) is 6.11. The smallest absolute Gasteiger partial charge is 0.251 e. The normalized spacial score (nSPS) is 9.31. The summed E-state index contributed by atoms with van der Waals surface area (Å²) in [6.45, 7) is 5.04. The fourth-order valence-electron chi connectivity index (χ4n) is 0.707. The van der Waals surface area contributed by atoms with Crippen LogP contribution < -0.4 is 5.32 Å². The van der Waals surface area contributed by atoms with Crippen LogP contribution in [0.4, 0.5) is 5.82 Å². The molecule has 0 aliphatic carbocycles. The van der Waals surface area contributed by atoms with Gasteiger partial charge in [-0.1, -0.05) is 6.58 Å². The molecule has 1 aromatic rings. The molecule has 1 heterocycles. The van der Waals surface area contributed by atoms with Gasteiger partial charge in [0, 0.05) is 11.8 Å². The van der Waals surface area contributed by atoms with Crippen LogP contribution in [0.15, 0.2) is 30.5 Å². The highest BCUT2D eigenvalue weighted by Gasteiger charge is 2.06. The molecule has 0 bridgehead atoms. The Balaban J connectivity index is 2.81. The van der Waals surface area contributed by atoms with Crippen molar-refractivity contribution in [1.82, 2.24) is 4.98 Å². The molecular weight excluding hydrogens is 168 g/mol. The number of carbonyl (C=O) groups is 1. The zero-order valence-electron chi connectivity index (χ0n) is 7.24. The quantitative estimate of drug-likeness (QED) is 0.671. The predicted molar refractivity (Wildman–Crippen MR) is 49.3 cm³/mol. The van der Waals surface area contributed by atoms with Crippen molar-refractivity contribution in [3.8, 4) is 5.75 Å². The minimum atomic E-state index is -0.353. The number of nitrogens with one attached hydrogen (secondary N) is 1. The van der Waals surface area contributed by atoms with Crippen molar-refractivity contribution in [2.24, 2.45) is 0 Å². The molecular formula is C9H10N2O2. The Morgan fingerprint density at radius 3 is 2.92 bits per heavy atom.